The summed E-state index contributed by atoms with van der Waals surface area (Å²) in [5.41, 5.74) is 1.67. The van der Waals surface area contributed by atoms with E-state index in [1.54, 1.807) is 11.0 Å². The molecule has 4 nitrogen and oxygen atoms in total. The molecule has 0 unspecified atom stereocenters. The first-order valence-electron chi connectivity index (χ1n) is 9.55. The predicted molar refractivity (Wildman–Crippen MR) is 131 cm³/mol. The Morgan fingerprint density at radius 3 is 2.32 bits per heavy atom. The summed E-state index contributed by atoms with van der Waals surface area (Å²) in [7, 11) is 0. The Balaban J connectivity index is 1.34. The summed E-state index contributed by atoms with van der Waals surface area (Å²) < 4.78 is 11.9. The van der Waals surface area contributed by atoms with Gasteiger partial charge in [-0.15, -0.1) is 0 Å². The molecular weight excluding hydrogens is 450 g/mol. The molecule has 1 amide bonds. The standard InChI is InChI=1S/C24H18ClNO3S2/c25-20-8-4-5-9-21(20)29-15-14-28-19-12-10-17(11-13-19)16-22-23(27)26(24(30)31-22)18-6-2-1-3-7-18/h1-13,16H,14-15H2/b22-16-. The Hall–Kier alpha value is -2.80. The van der Waals surface area contributed by atoms with Gasteiger partial charge in [-0.2, -0.15) is 0 Å². The predicted octanol–water partition coefficient (Wildman–Crippen LogP) is 6.20. The van der Waals surface area contributed by atoms with Gasteiger partial charge in [-0.25, -0.2) is 0 Å². The minimum absolute atomic E-state index is 0.113. The third-order valence-electron chi connectivity index (χ3n) is 4.43. The van der Waals surface area contributed by atoms with Crippen molar-refractivity contribution in [3.8, 4) is 11.5 Å². The van der Waals surface area contributed by atoms with Crippen molar-refractivity contribution in [3.05, 3.63) is 94.4 Å². The summed E-state index contributed by atoms with van der Waals surface area (Å²) in [6.07, 6.45) is 1.84. The monoisotopic (exact) mass is 467 g/mol. The van der Waals surface area contributed by atoms with Gasteiger partial charge in [0, 0.05) is 0 Å². The lowest BCUT2D eigenvalue weighted by Gasteiger charge is -2.13. The molecule has 7 heteroatoms. The highest BCUT2D eigenvalue weighted by atomic mass is 35.5. The molecule has 0 N–H and O–H groups in total. The van der Waals surface area contributed by atoms with Gasteiger partial charge in [-0.1, -0.05) is 78.0 Å². The largest absolute Gasteiger partial charge is 0.490 e. The Kier molecular flexibility index (Phi) is 6.92. The lowest BCUT2D eigenvalue weighted by molar-refractivity contribution is -0.113. The Morgan fingerprint density at radius 1 is 0.903 bits per heavy atom. The maximum absolute atomic E-state index is 12.8. The molecule has 0 atom stereocenters. The minimum atomic E-state index is -0.113. The number of ether oxygens (including phenoxy) is 2. The fraction of sp³-hybridized carbons (Fsp3) is 0.0833. The zero-order chi connectivity index (χ0) is 21.6. The summed E-state index contributed by atoms with van der Waals surface area (Å²) in [5.74, 6) is 1.24. The van der Waals surface area contributed by atoms with Crippen LogP contribution in [0.1, 0.15) is 5.56 Å². The zero-order valence-corrected chi connectivity index (χ0v) is 18.8. The molecule has 1 aliphatic rings. The minimum Gasteiger partial charge on any atom is -0.490 e. The summed E-state index contributed by atoms with van der Waals surface area (Å²) in [6.45, 7) is 0.772. The van der Waals surface area contributed by atoms with E-state index < -0.39 is 0 Å². The summed E-state index contributed by atoms with van der Waals surface area (Å²) in [4.78, 5) is 15.0. The van der Waals surface area contributed by atoms with E-state index in [-0.39, 0.29) is 5.91 Å². The topological polar surface area (TPSA) is 38.8 Å². The van der Waals surface area contributed by atoms with Gasteiger partial charge in [-0.3, -0.25) is 9.69 Å². The number of nitrogens with zero attached hydrogens (tertiary/aromatic N) is 1. The van der Waals surface area contributed by atoms with Gasteiger partial charge in [0.1, 0.15) is 24.7 Å². The van der Waals surface area contributed by atoms with Crippen LogP contribution >= 0.6 is 35.6 Å². The van der Waals surface area contributed by atoms with Crippen LogP contribution in [0.15, 0.2) is 83.8 Å². The number of hydrogen-bond acceptors (Lipinski definition) is 5. The molecule has 156 valence electrons. The van der Waals surface area contributed by atoms with Crippen molar-refractivity contribution >= 4 is 57.6 Å². The van der Waals surface area contributed by atoms with Gasteiger partial charge in [-0.05, 0) is 48.0 Å². The van der Waals surface area contributed by atoms with Gasteiger partial charge < -0.3 is 9.47 Å². The number of anilines is 1. The molecule has 0 spiro atoms. The zero-order valence-electron chi connectivity index (χ0n) is 16.4. The van der Waals surface area contributed by atoms with Crippen LogP contribution in [-0.2, 0) is 4.79 Å². The molecule has 4 rings (SSSR count). The number of carbonyl (C=O) groups excluding carboxylic acids is 1. The van der Waals surface area contributed by atoms with Crippen molar-refractivity contribution in [2.24, 2.45) is 0 Å². The van der Waals surface area contributed by atoms with E-state index in [1.807, 2.05) is 78.9 Å². The second-order valence-corrected chi connectivity index (χ2v) is 8.63. The van der Waals surface area contributed by atoms with Gasteiger partial charge in [0.05, 0.1) is 15.6 Å². The highest BCUT2D eigenvalue weighted by Crippen LogP contribution is 2.36. The maximum Gasteiger partial charge on any atom is 0.270 e. The number of carbonyl (C=O) groups is 1. The second kappa shape index (κ2) is 10.0. The van der Waals surface area contributed by atoms with Crippen molar-refractivity contribution in [3.63, 3.8) is 0 Å². The summed E-state index contributed by atoms with van der Waals surface area (Å²) in [6, 6.07) is 24.3. The van der Waals surface area contributed by atoms with Crippen molar-refractivity contribution in [2.75, 3.05) is 18.1 Å². The molecule has 1 aliphatic heterocycles. The molecule has 0 radical (unpaired) electrons. The van der Waals surface area contributed by atoms with Crippen LogP contribution in [-0.4, -0.2) is 23.4 Å². The molecule has 0 saturated carbocycles. The van der Waals surface area contributed by atoms with Crippen molar-refractivity contribution in [1.29, 1.82) is 0 Å². The van der Waals surface area contributed by atoms with Crippen molar-refractivity contribution < 1.29 is 14.3 Å². The van der Waals surface area contributed by atoms with Crippen LogP contribution in [0.3, 0.4) is 0 Å². The van der Waals surface area contributed by atoms with Crippen LogP contribution in [0.5, 0.6) is 11.5 Å². The van der Waals surface area contributed by atoms with Gasteiger partial charge in [0.2, 0.25) is 0 Å². The molecule has 1 saturated heterocycles. The van der Waals surface area contributed by atoms with E-state index in [2.05, 4.69) is 0 Å². The third kappa shape index (κ3) is 5.28. The molecule has 0 bridgehead atoms. The van der Waals surface area contributed by atoms with Crippen LogP contribution < -0.4 is 14.4 Å². The average Bonchev–Trinajstić information content (AvgIpc) is 3.07. The molecule has 3 aromatic rings. The van der Waals surface area contributed by atoms with Crippen LogP contribution in [0.4, 0.5) is 5.69 Å². The van der Waals surface area contributed by atoms with Gasteiger partial charge in [0.25, 0.3) is 5.91 Å². The van der Waals surface area contributed by atoms with E-state index in [9.17, 15) is 4.79 Å². The second-order valence-electron chi connectivity index (χ2n) is 6.55. The van der Waals surface area contributed by atoms with Crippen molar-refractivity contribution in [1.82, 2.24) is 0 Å². The van der Waals surface area contributed by atoms with E-state index >= 15 is 0 Å². The molecule has 0 aromatic heterocycles. The molecule has 1 fully saturated rings. The highest BCUT2D eigenvalue weighted by Gasteiger charge is 2.33. The number of amides is 1. The number of para-hydroxylation sites is 2. The molecule has 1 heterocycles. The van der Waals surface area contributed by atoms with Gasteiger partial charge in [0.15, 0.2) is 4.32 Å². The van der Waals surface area contributed by atoms with E-state index in [0.717, 1.165) is 17.0 Å². The van der Waals surface area contributed by atoms with Crippen LogP contribution in [0.2, 0.25) is 5.02 Å². The molecule has 0 aliphatic carbocycles. The molecular formula is C24H18ClNO3S2. The first-order chi connectivity index (χ1) is 15.1. The fourth-order valence-electron chi connectivity index (χ4n) is 2.95. The third-order valence-corrected chi connectivity index (χ3v) is 6.05. The maximum atomic E-state index is 12.8. The Morgan fingerprint density at radius 2 is 1.58 bits per heavy atom. The van der Waals surface area contributed by atoms with E-state index in [1.165, 1.54) is 11.8 Å². The van der Waals surface area contributed by atoms with Crippen LogP contribution in [0.25, 0.3) is 6.08 Å². The SMILES string of the molecule is O=C1/C(=C/c2ccc(OCCOc3ccccc3Cl)cc2)SC(=S)N1c1ccccc1. The summed E-state index contributed by atoms with van der Waals surface area (Å²) in [5, 5.41) is 0.574. The first-order valence-corrected chi connectivity index (χ1v) is 11.2. The number of thiocarbonyl (C=S) groups is 1. The number of hydrogen-bond donors (Lipinski definition) is 0. The number of thioether (sulfide) groups is 1. The smallest absolute Gasteiger partial charge is 0.270 e. The van der Waals surface area contributed by atoms with E-state index in [4.69, 9.17) is 33.3 Å². The summed E-state index contributed by atoms with van der Waals surface area (Å²) >= 11 is 12.8. The van der Waals surface area contributed by atoms with Crippen LogP contribution in [0, 0.1) is 0 Å². The highest BCUT2D eigenvalue weighted by molar-refractivity contribution is 8.27. The fourth-order valence-corrected chi connectivity index (χ4v) is 4.44. The number of rotatable bonds is 7. The average molecular weight is 468 g/mol. The number of benzene rings is 3. The van der Waals surface area contributed by atoms with Gasteiger partial charge >= 0.3 is 0 Å². The molecule has 31 heavy (non-hydrogen) atoms. The van der Waals surface area contributed by atoms with E-state index in [0.29, 0.717) is 33.2 Å². The molecule has 3 aromatic carbocycles. The lowest BCUT2D eigenvalue weighted by Crippen LogP contribution is -2.27. The number of halogens is 1. The quantitative estimate of drug-likeness (QED) is 0.235. The van der Waals surface area contributed by atoms with Crippen molar-refractivity contribution in [2.45, 2.75) is 0 Å². The first kappa shape index (κ1) is 21.4. The Bertz CT molecular complexity index is 1120. The Labute approximate surface area is 195 Å². The lowest BCUT2D eigenvalue weighted by atomic mass is 10.2. The normalized spacial score (nSPS) is 14.9.